The number of rotatable bonds is 7. The minimum absolute atomic E-state index is 0.0687. The Morgan fingerprint density at radius 2 is 1.79 bits per heavy atom. The first kappa shape index (κ1) is 23.3. The minimum Gasteiger partial charge on any atom is -0.486 e. The largest absolute Gasteiger partial charge is 0.486 e. The van der Waals surface area contributed by atoms with E-state index in [1.54, 1.807) is 0 Å². The van der Waals surface area contributed by atoms with Crippen LogP contribution in [-0.2, 0) is 11.3 Å². The number of ether oxygens (including phenoxy) is 2. The number of nitrogens with one attached hydrogen (secondary N) is 2. The van der Waals surface area contributed by atoms with Crippen molar-refractivity contribution in [2.24, 2.45) is 0 Å². The van der Waals surface area contributed by atoms with Gasteiger partial charge < -0.3 is 14.8 Å². The summed E-state index contributed by atoms with van der Waals surface area (Å²) >= 11 is 0. The van der Waals surface area contributed by atoms with Crippen molar-refractivity contribution in [1.82, 2.24) is 25.3 Å². The van der Waals surface area contributed by atoms with Gasteiger partial charge in [0.2, 0.25) is 5.91 Å². The Hall–Kier alpha value is -3.85. The molecule has 2 aromatic carbocycles. The van der Waals surface area contributed by atoms with Gasteiger partial charge >= 0.3 is 6.03 Å². The number of benzene rings is 2. The van der Waals surface area contributed by atoms with E-state index in [1.807, 2.05) is 85.1 Å². The SMILES string of the molecule is Cc1nn(-c2ccccc2)c(C)c1CN(C)CC(=O)NC(=O)NC[C@H]1COc2ccccc2O1. The number of urea groups is 1. The lowest BCUT2D eigenvalue weighted by Crippen LogP contribution is -2.47. The van der Waals surface area contributed by atoms with Gasteiger partial charge in [-0.3, -0.25) is 15.0 Å². The van der Waals surface area contributed by atoms with E-state index in [0.29, 0.717) is 24.7 Å². The molecular formula is C25H29N5O4. The fourth-order valence-electron chi connectivity index (χ4n) is 3.88. The summed E-state index contributed by atoms with van der Waals surface area (Å²) in [5.41, 5.74) is 3.97. The van der Waals surface area contributed by atoms with Crippen LogP contribution in [0.25, 0.3) is 5.69 Å². The smallest absolute Gasteiger partial charge is 0.321 e. The highest BCUT2D eigenvalue weighted by Gasteiger charge is 2.22. The predicted molar refractivity (Wildman–Crippen MR) is 127 cm³/mol. The third-order valence-electron chi connectivity index (χ3n) is 5.59. The monoisotopic (exact) mass is 463 g/mol. The molecule has 0 spiro atoms. The van der Waals surface area contributed by atoms with Gasteiger partial charge in [-0.05, 0) is 45.2 Å². The molecule has 3 aromatic rings. The van der Waals surface area contributed by atoms with Crippen LogP contribution in [0.1, 0.15) is 17.0 Å². The third-order valence-corrected chi connectivity index (χ3v) is 5.59. The van der Waals surface area contributed by atoms with Gasteiger partial charge in [0.25, 0.3) is 0 Å². The molecule has 0 fully saturated rings. The molecule has 2 N–H and O–H groups in total. The number of carbonyl (C=O) groups excluding carboxylic acids is 2. The number of hydrogen-bond acceptors (Lipinski definition) is 6. The zero-order valence-corrected chi connectivity index (χ0v) is 19.6. The van der Waals surface area contributed by atoms with Crippen LogP contribution < -0.4 is 20.1 Å². The highest BCUT2D eigenvalue weighted by atomic mass is 16.6. The highest BCUT2D eigenvalue weighted by Crippen LogP contribution is 2.30. The van der Waals surface area contributed by atoms with Crippen LogP contribution in [0.3, 0.4) is 0 Å². The second-order valence-electron chi connectivity index (χ2n) is 8.32. The van der Waals surface area contributed by atoms with Crippen molar-refractivity contribution >= 4 is 11.9 Å². The van der Waals surface area contributed by atoms with Gasteiger partial charge in [-0.1, -0.05) is 30.3 Å². The fraction of sp³-hybridized carbons (Fsp3) is 0.320. The van der Waals surface area contributed by atoms with E-state index in [0.717, 1.165) is 22.6 Å². The van der Waals surface area contributed by atoms with Crippen molar-refractivity contribution in [2.75, 3.05) is 26.7 Å². The van der Waals surface area contributed by atoms with Gasteiger partial charge in [-0.25, -0.2) is 9.48 Å². The van der Waals surface area contributed by atoms with E-state index in [-0.39, 0.29) is 19.2 Å². The summed E-state index contributed by atoms with van der Waals surface area (Å²) in [7, 11) is 1.83. The van der Waals surface area contributed by atoms with Gasteiger partial charge in [0.05, 0.1) is 24.5 Å². The number of amides is 3. The molecule has 0 aliphatic carbocycles. The van der Waals surface area contributed by atoms with Crippen molar-refractivity contribution in [2.45, 2.75) is 26.5 Å². The van der Waals surface area contributed by atoms with Crippen LogP contribution in [0.15, 0.2) is 54.6 Å². The molecule has 9 nitrogen and oxygen atoms in total. The van der Waals surface area contributed by atoms with Crippen molar-refractivity contribution in [1.29, 1.82) is 0 Å². The Morgan fingerprint density at radius 3 is 2.56 bits per heavy atom. The molecule has 34 heavy (non-hydrogen) atoms. The molecule has 178 valence electrons. The number of aromatic nitrogens is 2. The van der Waals surface area contributed by atoms with E-state index >= 15 is 0 Å². The average molecular weight is 464 g/mol. The number of carbonyl (C=O) groups is 2. The van der Waals surface area contributed by atoms with E-state index < -0.39 is 11.9 Å². The molecule has 9 heteroatoms. The molecule has 0 saturated heterocycles. The normalized spacial score (nSPS) is 14.6. The molecule has 0 bridgehead atoms. The Balaban J connectivity index is 1.24. The van der Waals surface area contributed by atoms with E-state index in [4.69, 9.17) is 9.47 Å². The molecule has 3 amide bonds. The lowest BCUT2D eigenvalue weighted by atomic mass is 10.2. The highest BCUT2D eigenvalue weighted by molar-refractivity contribution is 5.95. The Kier molecular flexibility index (Phi) is 7.12. The predicted octanol–water partition coefficient (Wildman–Crippen LogP) is 2.59. The fourth-order valence-corrected chi connectivity index (χ4v) is 3.88. The summed E-state index contributed by atoms with van der Waals surface area (Å²) in [6.45, 7) is 5.12. The molecule has 0 unspecified atom stereocenters. The number of hydrogen-bond donors (Lipinski definition) is 2. The van der Waals surface area contributed by atoms with Gasteiger partial charge in [0.15, 0.2) is 17.6 Å². The van der Waals surface area contributed by atoms with Crippen molar-refractivity contribution in [3.05, 3.63) is 71.5 Å². The number of imide groups is 1. The van der Waals surface area contributed by atoms with Crippen molar-refractivity contribution in [3.63, 3.8) is 0 Å². The number of likely N-dealkylation sites (N-methyl/N-ethyl adjacent to an activating group) is 1. The molecule has 0 saturated carbocycles. The second kappa shape index (κ2) is 10.4. The molecule has 0 radical (unpaired) electrons. The summed E-state index contributed by atoms with van der Waals surface area (Å²) < 4.78 is 13.3. The summed E-state index contributed by atoms with van der Waals surface area (Å²) in [6.07, 6.45) is -0.328. The molecule has 1 aromatic heterocycles. The first-order valence-electron chi connectivity index (χ1n) is 11.2. The lowest BCUT2D eigenvalue weighted by molar-refractivity contribution is -0.121. The molecule has 1 atom stereocenters. The standard InChI is InChI=1S/C25H29N5O4/c1-17-21(18(2)30(28-17)19-9-5-4-6-10-19)14-29(3)15-24(31)27-25(32)26-13-20-16-33-22-11-7-8-12-23(22)34-20/h4-12,20H,13-16H2,1-3H3,(H2,26,27,31,32)/t20-/m0/s1. The molecule has 1 aliphatic heterocycles. The summed E-state index contributed by atoms with van der Waals surface area (Å²) in [6, 6.07) is 16.7. The molecular weight excluding hydrogens is 434 g/mol. The molecule has 4 rings (SSSR count). The number of para-hydroxylation sites is 3. The van der Waals surface area contributed by atoms with Crippen LogP contribution >= 0.6 is 0 Å². The minimum atomic E-state index is -0.565. The summed E-state index contributed by atoms with van der Waals surface area (Å²) in [4.78, 5) is 26.4. The summed E-state index contributed by atoms with van der Waals surface area (Å²) in [5.74, 6) is 0.929. The van der Waals surface area contributed by atoms with Crippen molar-refractivity contribution in [3.8, 4) is 17.2 Å². The zero-order valence-electron chi connectivity index (χ0n) is 19.6. The molecule has 2 heterocycles. The van der Waals surface area contributed by atoms with Crippen LogP contribution in [0.4, 0.5) is 4.79 Å². The van der Waals surface area contributed by atoms with Gasteiger partial charge in [-0.2, -0.15) is 5.10 Å². The first-order chi connectivity index (χ1) is 16.4. The van der Waals surface area contributed by atoms with Gasteiger partial charge in [0.1, 0.15) is 6.61 Å². The number of nitrogens with zero attached hydrogens (tertiary/aromatic N) is 3. The van der Waals surface area contributed by atoms with Crippen molar-refractivity contribution < 1.29 is 19.1 Å². The quantitative estimate of drug-likeness (QED) is 0.559. The average Bonchev–Trinajstić information content (AvgIpc) is 3.11. The topological polar surface area (TPSA) is 97.7 Å². The second-order valence-corrected chi connectivity index (χ2v) is 8.32. The Morgan fingerprint density at radius 1 is 1.09 bits per heavy atom. The van der Waals surface area contributed by atoms with E-state index in [9.17, 15) is 9.59 Å². The third kappa shape index (κ3) is 5.55. The summed E-state index contributed by atoms with van der Waals surface area (Å²) in [5, 5.41) is 9.68. The van der Waals surface area contributed by atoms with Crippen LogP contribution in [0.5, 0.6) is 11.5 Å². The number of fused-ring (bicyclic) bond motifs is 1. The lowest BCUT2D eigenvalue weighted by Gasteiger charge is -2.26. The van der Waals surface area contributed by atoms with Crippen LogP contribution in [0, 0.1) is 13.8 Å². The van der Waals surface area contributed by atoms with Crippen LogP contribution in [0.2, 0.25) is 0 Å². The van der Waals surface area contributed by atoms with E-state index in [2.05, 4.69) is 15.7 Å². The zero-order chi connectivity index (χ0) is 24.1. The maximum atomic E-state index is 12.4. The number of aryl methyl sites for hydroxylation is 1. The molecule has 1 aliphatic rings. The van der Waals surface area contributed by atoms with Gasteiger partial charge in [0, 0.05) is 17.8 Å². The maximum Gasteiger partial charge on any atom is 0.321 e. The maximum absolute atomic E-state index is 12.4. The van der Waals surface area contributed by atoms with E-state index in [1.165, 1.54) is 0 Å². The van der Waals surface area contributed by atoms with Crippen LogP contribution in [-0.4, -0.2) is 59.5 Å². The Labute approximate surface area is 198 Å². The van der Waals surface area contributed by atoms with Gasteiger partial charge in [-0.15, -0.1) is 0 Å². The first-order valence-corrected chi connectivity index (χ1v) is 11.2. The Bertz CT molecular complexity index is 1160.